The number of halogens is 6. The van der Waals surface area contributed by atoms with Crippen molar-refractivity contribution in [3.63, 3.8) is 0 Å². The van der Waals surface area contributed by atoms with Gasteiger partial charge in [0.25, 0.3) is 0 Å². The van der Waals surface area contributed by atoms with Crippen molar-refractivity contribution >= 4 is 12.1 Å². The van der Waals surface area contributed by atoms with E-state index in [1.54, 1.807) is 5.32 Å². The Balaban J connectivity index is 4.89. The standard InChI is InChI=1S/C11H13F6NO4/c1-2-3-22-9(21)18-5-6(10(12,13)14)4-7(8(19)20)11(15,16)17/h2,6-7H,1,3-5H2,(H,18,21)(H,19,20). The van der Waals surface area contributed by atoms with Crippen LogP contribution >= 0.6 is 0 Å². The first kappa shape index (κ1) is 20.1. The number of carboxylic acid groups (broad SMARTS) is 1. The first-order chi connectivity index (χ1) is 9.89. The second-order valence-electron chi connectivity index (χ2n) is 4.17. The average Bonchev–Trinajstić information content (AvgIpc) is 2.32. The van der Waals surface area contributed by atoms with Crippen molar-refractivity contribution in [2.45, 2.75) is 18.8 Å². The summed E-state index contributed by atoms with van der Waals surface area (Å²) in [5.41, 5.74) is 0. The Kier molecular flexibility index (Phi) is 7.20. The highest BCUT2D eigenvalue weighted by atomic mass is 19.4. The lowest BCUT2D eigenvalue weighted by atomic mass is 9.93. The molecule has 0 heterocycles. The Bertz CT molecular complexity index is 406. The molecule has 0 saturated carbocycles. The predicted octanol–water partition coefficient (Wildman–Crippen LogP) is 2.73. The molecule has 128 valence electrons. The molecule has 0 spiro atoms. The van der Waals surface area contributed by atoms with Gasteiger partial charge in [0.2, 0.25) is 0 Å². The van der Waals surface area contributed by atoms with Gasteiger partial charge in [-0.1, -0.05) is 12.7 Å². The van der Waals surface area contributed by atoms with Crippen molar-refractivity contribution in [1.29, 1.82) is 0 Å². The van der Waals surface area contributed by atoms with Crippen molar-refractivity contribution < 1.29 is 45.8 Å². The summed E-state index contributed by atoms with van der Waals surface area (Å²) in [6, 6.07) is 0. The van der Waals surface area contributed by atoms with Gasteiger partial charge in [0, 0.05) is 6.54 Å². The van der Waals surface area contributed by atoms with E-state index in [2.05, 4.69) is 11.3 Å². The Morgan fingerprint density at radius 2 is 1.73 bits per heavy atom. The van der Waals surface area contributed by atoms with Crippen LogP contribution in [0.25, 0.3) is 0 Å². The van der Waals surface area contributed by atoms with Crippen molar-refractivity contribution in [3.8, 4) is 0 Å². The Morgan fingerprint density at radius 1 is 1.18 bits per heavy atom. The highest BCUT2D eigenvalue weighted by Crippen LogP contribution is 2.37. The summed E-state index contributed by atoms with van der Waals surface area (Å²) in [4.78, 5) is 21.4. The molecule has 22 heavy (non-hydrogen) atoms. The van der Waals surface area contributed by atoms with E-state index < -0.39 is 49.2 Å². The van der Waals surface area contributed by atoms with Crippen LogP contribution in [0.1, 0.15) is 6.42 Å². The van der Waals surface area contributed by atoms with Gasteiger partial charge in [0.05, 0.1) is 5.92 Å². The van der Waals surface area contributed by atoms with Crippen molar-refractivity contribution in [3.05, 3.63) is 12.7 Å². The quantitative estimate of drug-likeness (QED) is 0.553. The molecule has 0 saturated heterocycles. The predicted molar refractivity (Wildman–Crippen MR) is 60.9 cm³/mol. The van der Waals surface area contributed by atoms with Crippen LogP contribution in [0.5, 0.6) is 0 Å². The minimum absolute atomic E-state index is 0.303. The number of nitrogens with one attached hydrogen (secondary N) is 1. The first-order valence-corrected chi connectivity index (χ1v) is 5.77. The van der Waals surface area contributed by atoms with E-state index in [4.69, 9.17) is 5.11 Å². The highest BCUT2D eigenvalue weighted by Gasteiger charge is 2.51. The molecule has 0 bridgehead atoms. The molecule has 2 atom stereocenters. The normalized spacial score (nSPS) is 14.8. The summed E-state index contributed by atoms with van der Waals surface area (Å²) < 4.78 is 79.5. The van der Waals surface area contributed by atoms with Crippen LogP contribution < -0.4 is 5.32 Å². The highest BCUT2D eigenvalue weighted by molar-refractivity contribution is 5.71. The van der Waals surface area contributed by atoms with Gasteiger partial charge >= 0.3 is 24.4 Å². The maximum absolute atomic E-state index is 12.7. The zero-order chi connectivity index (χ0) is 17.6. The Hall–Kier alpha value is -1.94. The lowest BCUT2D eigenvalue weighted by Crippen LogP contribution is -2.41. The summed E-state index contributed by atoms with van der Waals surface area (Å²) in [6.45, 7) is 1.64. The zero-order valence-electron chi connectivity index (χ0n) is 11.0. The number of carbonyl (C=O) groups excluding carboxylic acids is 1. The number of carbonyl (C=O) groups is 2. The third-order valence-corrected chi connectivity index (χ3v) is 2.50. The number of alkyl carbamates (subject to hydrolysis) is 1. The molecule has 5 nitrogen and oxygen atoms in total. The number of aliphatic carboxylic acids is 1. The van der Waals surface area contributed by atoms with Crippen molar-refractivity contribution in [1.82, 2.24) is 5.32 Å². The van der Waals surface area contributed by atoms with Crippen LogP contribution in [-0.2, 0) is 9.53 Å². The SMILES string of the molecule is C=CCOC(=O)NCC(CC(C(=O)O)C(F)(F)F)C(F)(F)F. The molecule has 2 unspecified atom stereocenters. The Labute approximate surface area is 120 Å². The van der Waals surface area contributed by atoms with Crippen LogP contribution in [0.15, 0.2) is 12.7 Å². The molecule has 0 aromatic heterocycles. The molecule has 0 aromatic carbocycles. The lowest BCUT2D eigenvalue weighted by molar-refractivity contribution is -0.215. The van der Waals surface area contributed by atoms with Crippen LogP contribution in [0, 0.1) is 11.8 Å². The fraction of sp³-hybridized carbons (Fsp3) is 0.636. The molecule has 0 fully saturated rings. The van der Waals surface area contributed by atoms with E-state index in [1.165, 1.54) is 0 Å². The molecule has 1 amide bonds. The van der Waals surface area contributed by atoms with Gasteiger partial charge in [-0.3, -0.25) is 4.79 Å². The third-order valence-electron chi connectivity index (χ3n) is 2.50. The molecule has 0 aliphatic rings. The minimum Gasteiger partial charge on any atom is -0.481 e. The van der Waals surface area contributed by atoms with Gasteiger partial charge in [0.15, 0.2) is 5.92 Å². The van der Waals surface area contributed by atoms with Gasteiger partial charge in [-0.25, -0.2) is 4.79 Å². The number of hydrogen-bond acceptors (Lipinski definition) is 3. The van der Waals surface area contributed by atoms with E-state index in [9.17, 15) is 35.9 Å². The first-order valence-electron chi connectivity index (χ1n) is 5.77. The molecule has 11 heteroatoms. The summed E-state index contributed by atoms with van der Waals surface area (Å²) >= 11 is 0. The molecule has 0 aliphatic heterocycles. The van der Waals surface area contributed by atoms with E-state index >= 15 is 0 Å². The number of alkyl halides is 6. The van der Waals surface area contributed by atoms with Gasteiger partial charge in [-0.2, -0.15) is 26.3 Å². The van der Waals surface area contributed by atoms with Crippen molar-refractivity contribution in [2.24, 2.45) is 11.8 Å². The molecule has 2 N–H and O–H groups in total. The average molecular weight is 337 g/mol. The number of amides is 1. The molecular weight excluding hydrogens is 324 g/mol. The second-order valence-corrected chi connectivity index (χ2v) is 4.17. The zero-order valence-corrected chi connectivity index (χ0v) is 11.0. The molecule has 0 aromatic rings. The summed E-state index contributed by atoms with van der Waals surface area (Å²) in [5, 5.41) is 10.0. The van der Waals surface area contributed by atoms with Crippen molar-refractivity contribution in [2.75, 3.05) is 13.2 Å². The van der Waals surface area contributed by atoms with E-state index in [-0.39, 0.29) is 6.61 Å². The molecule has 0 aliphatic carbocycles. The van der Waals surface area contributed by atoms with Gasteiger partial charge in [-0.15, -0.1) is 0 Å². The molecular formula is C11H13F6NO4. The monoisotopic (exact) mass is 337 g/mol. The third kappa shape index (κ3) is 7.18. The van der Waals surface area contributed by atoms with Crippen LogP contribution in [0.3, 0.4) is 0 Å². The minimum atomic E-state index is -5.33. The topological polar surface area (TPSA) is 75.6 Å². The van der Waals surface area contributed by atoms with E-state index in [0.29, 0.717) is 0 Å². The number of hydrogen-bond donors (Lipinski definition) is 2. The lowest BCUT2D eigenvalue weighted by Gasteiger charge is -2.24. The Morgan fingerprint density at radius 3 is 2.09 bits per heavy atom. The maximum atomic E-state index is 12.7. The summed E-state index contributed by atoms with van der Waals surface area (Å²) in [6.07, 6.45) is -12.4. The number of ether oxygens (including phenoxy) is 1. The molecule has 0 radical (unpaired) electrons. The fourth-order valence-electron chi connectivity index (χ4n) is 1.38. The smallest absolute Gasteiger partial charge is 0.407 e. The van der Waals surface area contributed by atoms with Crippen LogP contribution in [0.4, 0.5) is 31.1 Å². The van der Waals surface area contributed by atoms with Gasteiger partial charge in [0.1, 0.15) is 6.61 Å². The van der Waals surface area contributed by atoms with E-state index in [1.807, 2.05) is 0 Å². The largest absolute Gasteiger partial charge is 0.481 e. The summed E-state index contributed by atoms with van der Waals surface area (Å²) in [5.74, 6) is -8.30. The van der Waals surface area contributed by atoms with E-state index in [0.717, 1.165) is 6.08 Å². The maximum Gasteiger partial charge on any atom is 0.407 e. The van der Waals surface area contributed by atoms with Gasteiger partial charge < -0.3 is 15.2 Å². The van der Waals surface area contributed by atoms with Crippen LogP contribution in [0.2, 0.25) is 0 Å². The second kappa shape index (κ2) is 7.90. The van der Waals surface area contributed by atoms with Crippen LogP contribution in [-0.4, -0.2) is 42.7 Å². The number of carboxylic acids is 1. The fourth-order valence-corrected chi connectivity index (χ4v) is 1.38. The summed E-state index contributed by atoms with van der Waals surface area (Å²) in [7, 11) is 0. The number of rotatable bonds is 7. The van der Waals surface area contributed by atoms with Gasteiger partial charge in [-0.05, 0) is 6.42 Å². The molecule has 0 rings (SSSR count).